The van der Waals surface area contributed by atoms with Crippen LogP contribution < -0.4 is 11.3 Å². The Kier molecular flexibility index (Phi) is 4.91. The highest BCUT2D eigenvalue weighted by Gasteiger charge is 2.35. The van der Waals surface area contributed by atoms with Crippen LogP contribution in [0.2, 0.25) is 0 Å². The van der Waals surface area contributed by atoms with Gasteiger partial charge >= 0.3 is 6.09 Å². The second-order valence-electron chi connectivity index (χ2n) is 7.28. The van der Waals surface area contributed by atoms with Gasteiger partial charge in [0, 0.05) is 19.1 Å². The number of nitrogens with one attached hydrogen (secondary N) is 1. The molecule has 2 aliphatic rings. The summed E-state index contributed by atoms with van der Waals surface area (Å²) in [5, 5.41) is 0. The standard InChI is InChI=1S/C15H29N3O2/c1-15(2,3)20-14(19)18-8-7-12(10-18)13(17-16)9-11-5-4-6-11/h11-13,17H,4-10,16H2,1-3H3. The smallest absolute Gasteiger partial charge is 0.410 e. The molecule has 2 unspecified atom stereocenters. The molecule has 116 valence electrons. The Balaban J connectivity index is 1.82. The fourth-order valence-corrected chi connectivity index (χ4v) is 3.09. The molecule has 0 aromatic rings. The van der Waals surface area contributed by atoms with E-state index in [1.165, 1.54) is 19.3 Å². The van der Waals surface area contributed by atoms with E-state index in [4.69, 9.17) is 10.6 Å². The summed E-state index contributed by atoms with van der Waals surface area (Å²) in [5.41, 5.74) is 2.55. The van der Waals surface area contributed by atoms with Crippen molar-refractivity contribution in [3.05, 3.63) is 0 Å². The number of hydrogen-bond donors (Lipinski definition) is 2. The number of amides is 1. The minimum absolute atomic E-state index is 0.195. The SMILES string of the molecule is CC(C)(C)OC(=O)N1CCC(C(CC2CCC2)NN)C1. The summed E-state index contributed by atoms with van der Waals surface area (Å²) >= 11 is 0. The normalized spacial score (nSPS) is 25.4. The third kappa shape index (κ3) is 4.09. The molecule has 1 amide bonds. The topological polar surface area (TPSA) is 67.6 Å². The zero-order chi connectivity index (χ0) is 14.8. The molecule has 1 saturated heterocycles. The minimum Gasteiger partial charge on any atom is -0.444 e. The molecule has 2 fully saturated rings. The van der Waals surface area contributed by atoms with Gasteiger partial charge in [-0.2, -0.15) is 0 Å². The Hall–Kier alpha value is -0.810. The molecule has 0 radical (unpaired) electrons. The van der Waals surface area contributed by atoms with Gasteiger partial charge in [-0.15, -0.1) is 0 Å². The van der Waals surface area contributed by atoms with Crippen molar-refractivity contribution in [2.45, 2.75) is 64.5 Å². The predicted octanol–water partition coefficient (Wildman–Crippen LogP) is 2.27. The lowest BCUT2D eigenvalue weighted by atomic mass is 9.78. The number of rotatable bonds is 4. The van der Waals surface area contributed by atoms with Crippen molar-refractivity contribution in [1.29, 1.82) is 0 Å². The molecule has 5 nitrogen and oxygen atoms in total. The van der Waals surface area contributed by atoms with Crippen LogP contribution in [0.1, 0.15) is 52.9 Å². The van der Waals surface area contributed by atoms with E-state index in [1.54, 1.807) is 0 Å². The fraction of sp³-hybridized carbons (Fsp3) is 0.933. The second-order valence-corrected chi connectivity index (χ2v) is 7.28. The minimum atomic E-state index is -0.424. The molecule has 1 aliphatic carbocycles. The highest BCUT2D eigenvalue weighted by Crippen LogP contribution is 2.33. The van der Waals surface area contributed by atoms with E-state index in [9.17, 15) is 4.79 Å². The number of carbonyl (C=O) groups is 1. The zero-order valence-electron chi connectivity index (χ0n) is 13.0. The number of carbonyl (C=O) groups excluding carboxylic acids is 1. The van der Waals surface area contributed by atoms with Crippen molar-refractivity contribution >= 4 is 6.09 Å². The van der Waals surface area contributed by atoms with Gasteiger partial charge in [0.25, 0.3) is 0 Å². The number of likely N-dealkylation sites (tertiary alicyclic amines) is 1. The van der Waals surface area contributed by atoms with Gasteiger partial charge in [0.15, 0.2) is 0 Å². The first-order valence-corrected chi connectivity index (χ1v) is 7.83. The van der Waals surface area contributed by atoms with Crippen molar-refractivity contribution in [3.63, 3.8) is 0 Å². The van der Waals surface area contributed by atoms with E-state index >= 15 is 0 Å². The van der Waals surface area contributed by atoms with Crippen LogP contribution in [-0.2, 0) is 4.74 Å². The Bertz CT molecular complexity index is 337. The maximum Gasteiger partial charge on any atom is 0.410 e. The maximum atomic E-state index is 12.1. The van der Waals surface area contributed by atoms with Gasteiger partial charge in [-0.3, -0.25) is 11.3 Å². The van der Waals surface area contributed by atoms with Crippen molar-refractivity contribution in [2.24, 2.45) is 17.7 Å². The van der Waals surface area contributed by atoms with E-state index in [1.807, 2.05) is 25.7 Å². The molecule has 2 atom stereocenters. The lowest BCUT2D eigenvalue weighted by Crippen LogP contribution is -2.44. The van der Waals surface area contributed by atoms with Crippen LogP contribution in [0.4, 0.5) is 4.79 Å². The van der Waals surface area contributed by atoms with Crippen LogP contribution in [0.5, 0.6) is 0 Å². The first kappa shape index (κ1) is 15.6. The molecule has 0 aromatic carbocycles. The summed E-state index contributed by atoms with van der Waals surface area (Å²) in [7, 11) is 0. The van der Waals surface area contributed by atoms with Crippen LogP contribution in [-0.4, -0.2) is 35.7 Å². The molecule has 5 heteroatoms. The fourth-order valence-electron chi connectivity index (χ4n) is 3.09. The van der Waals surface area contributed by atoms with Crippen molar-refractivity contribution in [1.82, 2.24) is 10.3 Å². The molecule has 2 rings (SSSR count). The van der Waals surface area contributed by atoms with Crippen molar-refractivity contribution < 1.29 is 9.53 Å². The number of nitrogens with zero attached hydrogens (tertiary/aromatic N) is 1. The summed E-state index contributed by atoms with van der Waals surface area (Å²) in [6.45, 7) is 7.25. The second kappa shape index (κ2) is 6.31. The average molecular weight is 283 g/mol. The molecule has 0 aromatic heterocycles. The van der Waals surface area contributed by atoms with E-state index in [0.29, 0.717) is 12.0 Å². The highest BCUT2D eigenvalue weighted by atomic mass is 16.6. The number of ether oxygens (including phenoxy) is 1. The van der Waals surface area contributed by atoms with Gasteiger partial charge in [-0.1, -0.05) is 19.3 Å². The van der Waals surface area contributed by atoms with E-state index in [2.05, 4.69) is 5.43 Å². The van der Waals surface area contributed by atoms with Gasteiger partial charge in [-0.05, 0) is 45.4 Å². The quantitative estimate of drug-likeness (QED) is 0.613. The maximum absolute atomic E-state index is 12.1. The third-order valence-electron chi connectivity index (χ3n) is 4.47. The van der Waals surface area contributed by atoms with Crippen LogP contribution in [0.3, 0.4) is 0 Å². The lowest BCUT2D eigenvalue weighted by molar-refractivity contribution is 0.0284. The first-order chi connectivity index (χ1) is 9.39. The van der Waals surface area contributed by atoms with Crippen LogP contribution in [0.25, 0.3) is 0 Å². The van der Waals surface area contributed by atoms with Crippen molar-refractivity contribution in [2.75, 3.05) is 13.1 Å². The van der Waals surface area contributed by atoms with Gasteiger partial charge in [-0.25, -0.2) is 4.79 Å². The molecule has 1 heterocycles. The van der Waals surface area contributed by atoms with E-state index < -0.39 is 5.60 Å². The number of hydrogen-bond acceptors (Lipinski definition) is 4. The van der Waals surface area contributed by atoms with Gasteiger partial charge in [0.2, 0.25) is 0 Å². The summed E-state index contributed by atoms with van der Waals surface area (Å²) < 4.78 is 5.43. The summed E-state index contributed by atoms with van der Waals surface area (Å²) in [4.78, 5) is 13.9. The molecular weight excluding hydrogens is 254 g/mol. The Morgan fingerprint density at radius 3 is 2.60 bits per heavy atom. The largest absolute Gasteiger partial charge is 0.444 e. The molecule has 3 N–H and O–H groups in total. The van der Waals surface area contributed by atoms with E-state index in [0.717, 1.165) is 31.8 Å². The van der Waals surface area contributed by atoms with Gasteiger partial charge in [0.1, 0.15) is 5.60 Å². The average Bonchev–Trinajstić information content (AvgIpc) is 2.75. The molecule has 0 spiro atoms. The van der Waals surface area contributed by atoms with Crippen LogP contribution >= 0.6 is 0 Å². The molecule has 20 heavy (non-hydrogen) atoms. The predicted molar refractivity (Wildman–Crippen MR) is 79.0 cm³/mol. The summed E-state index contributed by atoms with van der Waals surface area (Å²) in [6, 6.07) is 0.327. The van der Waals surface area contributed by atoms with Crippen LogP contribution in [0, 0.1) is 11.8 Å². The lowest BCUT2D eigenvalue weighted by Gasteiger charge is -2.32. The van der Waals surface area contributed by atoms with Crippen LogP contribution in [0.15, 0.2) is 0 Å². The van der Waals surface area contributed by atoms with Crippen molar-refractivity contribution in [3.8, 4) is 0 Å². The summed E-state index contributed by atoms with van der Waals surface area (Å²) in [6.07, 6.45) is 5.99. The molecular formula is C15H29N3O2. The number of nitrogens with two attached hydrogens (primary N) is 1. The molecule has 1 saturated carbocycles. The Morgan fingerprint density at radius 2 is 2.10 bits per heavy atom. The first-order valence-electron chi connectivity index (χ1n) is 7.83. The Labute approximate surface area is 122 Å². The molecule has 1 aliphatic heterocycles. The highest BCUT2D eigenvalue weighted by molar-refractivity contribution is 5.68. The zero-order valence-corrected chi connectivity index (χ0v) is 13.0. The van der Waals surface area contributed by atoms with Gasteiger partial charge < -0.3 is 9.64 Å². The molecule has 0 bridgehead atoms. The monoisotopic (exact) mass is 283 g/mol. The van der Waals surface area contributed by atoms with Gasteiger partial charge in [0.05, 0.1) is 0 Å². The number of hydrazine groups is 1. The Morgan fingerprint density at radius 1 is 1.40 bits per heavy atom. The summed E-state index contributed by atoms with van der Waals surface area (Å²) in [5.74, 6) is 7.00. The van der Waals surface area contributed by atoms with E-state index in [-0.39, 0.29) is 6.09 Å². The third-order valence-corrected chi connectivity index (χ3v) is 4.47.